The molecule has 0 heterocycles. The summed E-state index contributed by atoms with van der Waals surface area (Å²) in [6, 6.07) is 0. The van der Waals surface area contributed by atoms with E-state index < -0.39 is 0 Å². The minimum atomic E-state index is -0.334. The Bertz CT molecular complexity index is 525. The Balaban J connectivity index is 1.90. The van der Waals surface area contributed by atoms with E-state index in [-0.39, 0.29) is 35.2 Å². The first-order valence-electron chi connectivity index (χ1n) is 9.13. The Kier molecular flexibility index (Phi) is 4.29. The molecule has 3 saturated carbocycles. The molecule has 23 heavy (non-hydrogen) atoms. The molecule has 1 N–H and O–H groups in total. The van der Waals surface area contributed by atoms with Gasteiger partial charge in [0.15, 0.2) is 0 Å². The van der Waals surface area contributed by atoms with Gasteiger partial charge in [0.2, 0.25) is 0 Å². The van der Waals surface area contributed by atoms with Crippen molar-refractivity contribution >= 4 is 12.1 Å². The average molecular weight is 318 g/mol. The van der Waals surface area contributed by atoms with Crippen molar-refractivity contribution in [1.82, 2.24) is 0 Å². The predicted octanol–water partition coefficient (Wildman–Crippen LogP) is 3.55. The number of Topliss-reactive ketones (excluding diaryl/α,β-unsaturated/α-hetero) is 1. The summed E-state index contributed by atoms with van der Waals surface area (Å²) < 4.78 is 0. The highest BCUT2D eigenvalue weighted by atomic mass is 16.3. The zero-order chi connectivity index (χ0) is 16.8. The van der Waals surface area contributed by atoms with Crippen molar-refractivity contribution in [2.45, 2.75) is 58.8 Å². The molecule has 3 aliphatic carbocycles. The second kappa shape index (κ2) is 5.84. The molecule has 0 saturated heterocycles. The molecule has 3 fully saturated rings. The number of aliphatic hydroxyl groups excluding tert-OH is 1. The molecule has 0 unspecified atom stereocenters. The monoisotopic (exact) mass is 318 g/mol. The number of hydrogen-bond donors (Lipinski definition) is 1. The first-order valence-corrected chi connectivity index (χ1v) is 9.13. The van der Waals surface area contributed by atoms with Gasteiger partial charge in [0.1, 0.15) is 12.1 Å². The van der Waals surface area contributed by atoms with Gasteiger partial charge < -0.3 is 9.90 Å². The van der Waals surface area contributed by atoms with Crippen LogP contribution in [0.1, 0.15) is 58.8 Å². The molecule has 0 amide bonds. The summed E-state index contributed by atoms with van der Waals surface area (Å²) in [5, 5.41) is 9.36. The molecule has 0 aliphatic heterocycles. The van der Waals surface area contributed by atoms with Gasteiger partial charge in [-0.1, -0.05) is 26.8 Å². The number of hydrogen-bond acceptors (Lipinski definition) is 3. The Morgan fingerprint density at radius 3 is 2.74 bits per heavy atom. The smallest absolute Gasteiger partial charge is 0.136 e. The standard InChI is InChI=1S/C20H30O3/c1-13(11-21)14-5-6-16-15(9-14)17(23)10-18-19(2,12-22)7-4-8-20(16,18)3/h12,14-16,18,21H,1,4-11H2,2-3H3/t14-,15+,16-,18+,19+,20+/m0/s1. The fourth-order valence-electron chi connectivity index (χ4n) is 6.17. The van der Waals surface area contributed by atoms with Gasteiger partial charge in [-0.2, -0.15) is 0 Å². The van der Waals surface area contributed by atoms with Crippen LogP contribution in [0.5, 0.6) is 0 Å². The van der Waals surface area contributed by atoms with Crippen LogP contribution in [0.2, 0.25) is 0 Å². The Hall–Kier alpha value is -0.960. The van der Waals surface area contributed by atoms with Crippen LogP contribution >= 0.6 is 0 Å². The van der Waals surface area contributed by atoms with Crippen molar-refractivity contribution in [2.24, 2.45) is 34.5 Å². The Morgan fingerprint density at radius 1 is 1.35 bits per heavy atom. The maximum atomic E-state index is 12.9. The van der Waals surface area contributed by atoms with Crippen molar-refractivity contribution in [3.63, 3.8) is 0 Å². The van der Waals surface area contributed by atoms with Crippen LogP contribution in [-0.4, -0.2) is 23.8 Å². The molecule has 3 heteroatoms. The molecule has 128 valence electrons. The first kappa shape index (κ1) is 16.9. The van der Waals surface area contributed by atoms with E-state index in [1.54, 1.807) is 0 Å². The minimum absolute atomic E-state index is 0.0271. The number of aldehydes is 1. The van der Waals surface area contributed by atoms with E-state index >= 15 is 0 Å². The molecular weight excluding hydrogens is 288 g/mol. The van der Waals surface area contributed by atoms with Crippen LogP contribution in [0.3, 0.4) is 0 Å². The quantitative estimate of drug-likeness (QED) is 0.639. The van der Waals surface area contributed by atoms with Crippen LogP contribution in [0.4, 0.5) is 0 Å². The maximum absolute atomic E-state index is 12.9. The van der Waals surface area contributed by atoms with E-state index in [0.717, 1.165) is 50.4 Å². The lowest BCUT2D eigenvalue weighted by Crippen LogP contribution is -2.57. The zero-order valence-corrected chi connectivity index (χ0v) is 14.5. The number of carbonyl (C=O) groups excluding carboxylic acids is 2. The Labute approximate surface area is 139 Å². The van der Waals surface area contributed by atoms with E-state index in [2.05, 4.69) is 20.4 Å². The Morgan fingerprint density at radius 2 is 2.09 bits per heavy atom. The molecule has 3 nitrogen and oxygen atoms in total. The summed E-state index contributed by atoms with van der Waals surface area (Å²) in [7, 11) is 0. The number of aliphatic hydroxyl groups is 1. The molecule has 0 bridgehead atoms. The number of carbonyl (C=O) groups is 2. The largest absolute Gasteiger partial charge is 0.392 e. The number of rotatable bonds is 3. The highest BCUT2D eigenvalue weighted by Gasteiger charge is 2.59. The lowest BCUT2D eigenvalue weighted by Gasteiger charge is -2.59. The number of ketones is 1. The van der Waals surface area contributed by atoms with E-state index in [0.29, 0.717) is 18.1 Å². The molecule has 0 spiro atoms. The maximum Gasteiger partial charge on any atom is 0.136 e. The van der Waals surface area contributed by atoms with Crippen molar-refractivity contribution in [2.75, 3.05) is 6.61 Å². The van der Waals surface area contributed by atoms with Gasteiger partial charge in [0.25, 0.3) is 0 Å². The fourth-order valence-corrected chi connectivity index (χ4v) is 6.17. The molecule has 3 aliphatic rings. The summed E-state index contributed by atoms with van der Waals surface area (Å²) in [4.78, 5) is 24.7. The van der Waals surface area contributed by atoms with Gasteiger partial charge in [-0.25, -0.2) is 0 Å². The third-order valence-electron chi connectivity index (χ3n) is 7.59. The molecule has 0 aromatic heterocycles. The van der Waals surface area contributed by atoms with Gasteiger partial charge in [-0.3, -0.25) is 4.79 Å². The second-order valence-corrected chi connectivity index (χ2v) is 8.75. The molecule has 0 radical (unpaired) electrons. The summed E-state index contributed by atoms with van der Waals surface area (Å²) in [6.07, 6.45) is 7.74. The predicted molar refractivity (Wildman–Crippen MR) is 89.8 cm³/mol. The van der Waals surface area contributed by atoms with Crippen LogP contribution in [-0.2, 0) is 9.59 Å². The number of fused-ring (bicyclic) bond motifs is 3. The van der Waals surface area contributed by atoms with Gasteiger partial charge in [-0.15, -0.1) is 0 Å². The summed E-state index contributed by atoms with van der Waals surface area (Å²) in [6.45, 7) is 8.42. The molecule has 3 rings (SSSR count). The van der Waals surface area contributed by atoms with Crippen LogP contribution in [0.15, 0.2) is 12.2 Å². The summed E-state index contributed by atoms with van der Waals surface area (Å²) >= 11 is 0. The lowest BCUT2D eigenvalue weighted by atomic mass is 9.43. The van der Waals surface area contributed by atoms with E-state index in [1.807, 2.05) is 0 Å². The van der Waals surface area contributed by atoms with Crippen molar-refractivity contribution in [1.29, 1.82) is 0 Å². The SMILES string of the molecule is C=C(CO)[C@H]1CC[C@H]2[C@@H](C1)C(=O)C[C@H]1[C@]2(C)CCC[C@]1(C)C=O. The fraction of sp³-hybridized carbons (Fsp3) is 0.800. The molecule has 0 aromatic rings. The van der Waals surface area contributed by atoms with Gasteiger partial charge in [-0.05, 0) is 60.8 Å². The molecule has 6 atom stereocenters. The van der Waals surface area contributed by atoms with Crippen LogP contribution in [0.25, 0.3) is 0 Å². The van der Waals surface area contributed by atoms with Gasteiger partial charge >= 0.3 is 0 Å². The van der Waals surface area contributed by atoms with Gasteiger partial charge in [0.05, 0.1) is 6.61 Å². The third kappa shape index (κ3) is 2.52. The first-order chi connectivity index (χ1) is 10.9. The van der Waals surface area contributed by atoms with Crippen molar-refractivity contribution in [3.8, 4) is 0 Å². The van der Waals surface area contributed by atoms with Crippen LogP contribution in [0, 0.1) is 34.5 Å². The summed E-state index contributed by atoms with van der Waals surface area (Å²) in [5.41, 5.74) is 0.655. The molecular formula is C20H30O3. The van der Waals surface area contributed by atoms with E-state index in [9.17, 15) is 14.7 Å². The van der Waals surface area contributed by atoms with E-state index in [1.165, 1.54) is 0 Å². The second-order valence-electron chi connectivity index (χ2n) is 8.75. The highest BCUT2D eigenvalue weighted by Crippen LogP contribution is 2.63. The third-order valence-corrected chi connectivity index (χ3v) is 7.59. The molecule has 0 aromatic carbocycles. The lowest BCUT2D eigenvalue weighted by molar-refractivity contribution is -0.158. The topological polar surface area (TPSA) is 54.4 Å². The van der Waals surface area contributed by atoms with E-state index in [4.69, 9.17) is 0 Å². The summed E-state index contributed by atoms with van der Waals surface area (Å²) in [5.74, 6) is 1.34. The average Bonchev–Trinajstić information content (AvgIpc) is 2.56. The normalized spacial score (nSPS) is 46.7. The minimum Gasteiger partial charge on any atom is -0.392 e. The zero-order valence-electron chi connectivity index (χ0n) is 14.5. The van der Waals surface area contributed by atoms with Gasteiger partial charge in [0, 0.05) is 17.8 Å². The van der Waals surface area contributed by atoms with Crippen molar-refractivity contribution < 1.29 is 14.7 Å². The highest BCUT2D eigenvalue weighted by molar-refractivity contribution is 5.84. The van der Waals surface area contributed by atoms with Crippen LogP contribution < -0.4 is 0 Å². The van der Waals surface area contributed by atoms with Crippen molar-refractivity contribution in [3.05, 3.63) is 12.2 Å².